The van der Waals surface area contributed by atoms with E-state index in [-0.39, 0.29) is 12.4 Å². The molecule has 0 spiro atoms. The van der Waals surface area contributed by atoms with Gasteiger partial charge in [-0.05, 0) is 54.2 Å². The van der Waals surface area contributed by atoms with Crippen molar-refractivity contribution in [3.05, 3.63) is 64.4 Å². The molecule has 23 heavy (non-hydrogen) atoms. The predicted molar refractivity (Wildman–Crippen MR) is 94.6 cm³/mol. The van der Waals surface area contributed by atoms with Gasteiger partial charge in [0.25, 0.3) is 0 Å². The highest BCUT2D eigenvalue weighted by molar-refractivity contribution is 7.80. The van der Waals surface area contributed by atoms with Gasteiger partial charge in [0.15, 0.2) is 5.11 Å². The molecule has 0 aliphatic carbocycles. The fraction of sp³-hybridized carbons (Fsp3) is 0.125. The molecule has 0 unspecified atom stereocenters. The first kappa shape index (κ1) is 17.2. The van der Waals surface area contributed by atoms with Crippen LogP contribution in [-0.4, -0.2) is 18.4 Å². The number of nitrogens with zero attached hydrogens (tertiary/aromatic N) is 1. The highest BCUT2D eigenvalue weighted by Crippen LogP contribution is 2.21. The number of hydrogen-bond acceptors (Lipinski definition) is 3. The molecule has 2 N–H and O–H groups in total. The second kappa shape index (κ2) is 8.45. The third kappa shape index (κ3) is 5.19. The third-order valence-electron chi connectivity index (χ3n) is 2.93. The average molecular weight is 352 g/mol. The Morgan fingerprint density at radius 3 is 2.70 bits per heavy atom. The van der Waals surface area contributed by atoms with Crippen LogP contribution in [0.4, 0.5) is 4.39 Å². The first-order valence-corrected chi connectivity index (χ1v) is 7.55. The summed E-state index contributed by atoms with van der Waals surface area (Å²) in [6, 6.07) is 11.7. The summed E-state index contributed by atoms with van der Waals surface area (Å²) in [6.07, 6.45) is 1.63. The van der Waals surface area contributed by atoms with Crippen molar-refractivity contribution in [2.24, 2.45) is 5.10 Å². The van der Waals surface area contributed by atoms with Crippen LogP contribution in [0.3, 0.4) is 0 Å². The van der Waals surface area contributed by atoms with E-state index >= 15 is 0 Å². The summed E-state index contributed by atoms with van der Waals surface area (Å²) in [5.41, 5.74) is 3.86. The predicted octanol–water partition coefficient (Wildman–Crippen LogP) is 3.49. The van der Waals surface area contributed by atoms with E-state index in [1.165, 1.54) is 6.07 Å². The van der Waals surface area contributed by atoms with Gasteiger partial charge in [-0.25, -0.2) is 4.39 Å². The molecule has 0 bridgehead atoms. The summed E-state index contributed by atoms with van der Waals surface area (Å²) in [5.74, 6) is 0.230. The molecule has 2 rings (SSSR count). The number of thiocarbonyl (C=S) groups is 1. The maximum absolute atomic E-state index is 13.6. The van der Waals surface area contributed by atoms with E-state index in [2.05, 4.69) is 15.8 Å². The molecule has 0 aliphatic rings. The van der Waals surface area contributed by atoms with Gasteiger partial charge in [-0.15, -0.1) is 0 Å². The summed E-state index contributed by atoms with van der Waals surface area (Å²) in [5, 5.41) is 7.50. The fourth-order valence-electron chi connectivity index (χ4n) is 1.70. The van der Waals surface area contributed by atoms with Crippen LogP contribution in [-0.2, 0) is 6.61 Å². The summed E-state index contributed by atoms with van der Waals surface area (Å²) < 4.78 is 19.2. The maximum atomic E-state index is 13.6. The van der Waals surface area contributed by atoms with Gasteiger partial charge in [-0.2, -0.15) is 5.10 Å². The number of hydrogen-bond donors (Lipinski definition) is 2. The highest BCUT2D eigenvalue weighted by Gasteiger charge is 2.07. The lowest BCUT2D eigenvalue weighted by Gasteiger charge is -2.09. The zero-order chi connectivity index (χ0) is 16.7. The van der Waals surface area contributed by atoms with E-state index in [0.717, 1.165) is 5.56 Å². The largest absolute Gasteiger partial charge is 0.489 e. The Kier molecular flexibility index (Phi) is 6.31. The quantitative estimate of drug-likeness (QED) is 0.492. The first-order valence-electron chi connectivity index (χ1n) is 6.76. The Morgan fingerprint density at radius 1 is 1.30 bits per heavy atom. The SMILES string of the molecule is CNC(=S)NN=Cc1ccc(OCc2c(F)cccc2Cl)cc1. The average Bonchev–Trinajstić information content (AvgIpc) is 2.55. The molecule has 0 saturated heterocycles. The standard InChI is InChI=1S/C16H15ClFN3OS/c1-19-16(23)21-20-9-11-5-7-12(8-6-11)22-10-13-14(17)3-2-4-15(13)18/h2-9H,10H2,1H3,(H2,19,21,23). The van der Waals surface area contributed by atoms with Crippen molar-refractivity contribution >= 4 is 35.1 Å². The Morgan fingerprint density at radius 2 is 2.04 bits per heavy atom. The Hall–Kier alpha value is -2.18. The summed E-state index contributed by atoms with van der Waals surface area (Å²) >= 11 is 10.9. The van der Waals surface area contributed by atoms with Crippen LogP contribution in [0, 0.1) is 5.82 Å². The second-order valence-corrected chi connectivity index (χ2v) is 5.32. The fourth-order valence-corrected chi connectivity index (χ4v) is 1.97. The first-order chi connectivity index (χ1) is 11.1. The molecule has 7 heteroatoms. The lowest BCUT2D eigenvalue weighted by atomic mass is 10.2. The van der Waals surface area contributed by atoms with Gasteiger partial charge in [0.1, 0.15) is 18.2 Å². The van der Waals surface area contributed by atoms with Crippen LogP contribution in [0.15, 0.2) is 47.6 Å². The van der Waals surface area contributed by atoms with E-state index in [9.17, 15) is 4.39 Å². The van der Waals surface area contributed by atoms with Crippen LogP contribution in [0.5, 0.6) is 5.75 Å². The highest BCUT2D eigenvalue weighted by atomic mass is 35.5. The van der Waals surface area contributed by atoms with E-state index in [1.54, 1.807) is 37.5 Å². The number of halogens is 2. The van der Waals surface area contributed by atoms with Crippen LogP contribution in [0.2, 0.25) is 5.02 Å². The summed E-state index contributed by atoms with van der Waals surface area (Å²) in [6.45, 7) is 0.0664. The number of nitrogens with one attached hydrogen (secondary N) is 2. The molecule has 0 atom stereocenters. The molecular weight excluding hydrogens is 337 g/mol. The van der Waals surface area contributed by atoms with Crippen LogP contribution in [0.1, 0.15) is 11.1 Å². The topological polar surface area (TPSA) is 45.7 Å². The van der Waals surface area contributed by atoms with Crippen molar-refractivity contribution in [2.75, 3.05) is 7.05 Å². The van der Waals surface area contributed by atoms with Crippen molar-refractivity contribution in [3.8, 4) is 5.75 Å². The van der Waals surface area contributed by atoms with Gasteiger partial charge in [-0.1, -0.05) is 17.7 Å². The normalized spacial score (nSPS) is 10.6. The zero-order valence-electron chi connectivity index (χ0n) is 12.3. The minimum absolute atomic E-state index is 0.0664. The van der Waals surface area contributed by atoms with Gasteiger partial charge >= 0.3 is 0 Å². The summed E-state index contributed by atoms with van der Waals surface area (Å²) in [4.78, 5) is 0. The van der Waals surface area contributed by atoms with Gasteiger partial charge in [0.05, 0.1) is 11.2 Å². The molecule has 4 nitrogen and oxygen atoms in total. The van der Waals surface area contributed by atoms with Crippen LogP contribution in [0.25, 0.3) is 0 Å². The molecule has 0 heterocycles. The molecular formula is C16H15ClFN3OS. The van der Waals surface area contributed by atoms with E-state index in [4.69, 9.17) is 28.6 Å². The monoisotopic (exact) mass is 351 g/mol. The van der Waals surface area contributed by atoms with Crippen molar-refractivity contribution in [1.29, 1.82) is 0 Å². The molecule has 120 valence electrons. The van der Waals surface area contributed by atoms with Crippen molar-refractivity contribution in [3.63, 3.8) is 0 Å². The summed E-state index contributed by atoms with van der Waals surface area (Å²) in [7, 11) is 1.71. The van der Waals surface area contributed by atoms with Crippen molar-refractivity contribution < 1.29 is 9.13 Å². The van der Waals surface area contributed by atoms with E-state index in [0.29, 0.717) is 21.4 Å². The molecule has 0 radical (unpaired) electrons. The van der Waals surface area contributed by atoms with E-state index < -0.39 is 0 Å². The molecule has 2 aromatic carbocycles. The third-order valence-corrected chi connectivity index (χ3v) is 3.58. The second-order valence-electron chi connectivity index (χ2n) is 4.51. The number of rotatable bonds is 5. The van der Waals surface area contributed by atoms with Gasteiger partial charge in [-0.3, -0.25) is 5.43 Å². The number of benzene rings is 2. The van der Waals surface area contributed by atoms with Gasteiger partial charge in [0, 0.05) is 12.6 Å². The zero-order valence-corrected chi connectivity index (χ0v) is 13.9. The van der Waals surface area contributed by atoms with Gasteiger partial charge < -0.3 is 10.1 Å². The smallest absolute Gasteiger partial charge is 0.186 e. The molecule has 0 aromatic heterocycles. The molecule has 0 saturated carbocycles. The van der Waals surface area contributed by atoms with Crippen LogP contribution < -0.4 is 15.5 Å². The minimum Gasteiger partial charge on any atom is -0.489 e. The lowest BCUT2D eigenvalue weighted by molar-refractivity contribution is 0.300. The Labute approximate surface area is 144 Å². The van der Waals surface area contributed by atoms with Crippen LogP contribution >= 0.6 is 23.8 Å². The Balaban J connectivity index is 1.94. The molecule has 0 amide bonds. The van der Waals surface area contributed by atoms with Gasteiger partial charge in [0.2, 0.25) is 0 Å². The Bertz CT molecular complexity index is 687. The van der Waals surface area contributed by atoms with Crippen molar-refractivity contribution in [1.82, 2.24) is 10.7 Å². The molecule has 0 aliphatic heterocycles. The maximum Gasteiger partial charge on any atom is 0.186 e. The molecule has 2 aromatic rings. The number of hydrazone groups is 1. The van der Waals surface area contributed by atoms with E-state index in [1.807, 2.05) is 12.1 Å². The lowest BCUT2D eigenvalue weighted by Crippen LogP contribution is -2.28. The number of ether oxygens (including phenoxy) is 1. The van der Waals surface area contributed by atoms with Crippen molar-refractivity contribution in [2.45, 2.75) is 6.61 Å². The minimum atomic E-state index is -0.382. The molecule has 0 fully saturated rings.